The molecule has 2 nitrogen and oxygen atoms in total. The monoisotopic (exact) mass is 232 g/mol. The first-order valence-electron chi connectivity index (χ1n) is 4.30. The molecule has 0 radical (unpaired) electrons. The van der Waals surface area contributed by atoms with Gasteiger partial charge in [0.1, 0.15) is 10.0 Å². The normalized spacial score (nSPS) is 11.1. The van der Waals surface area contributed by atoms with Crippen LogP contribution in [-0.4, -0.2) is 9.99 Å². The van der Waals surface area contributed by atoms with Gasteiger partial charge >= 0.3 is 0 Å². The summed E-state index contributed by atoms with van der Waals surface area (Å²) in [4.78, 5) is 11.3. The molecule has 14 heavy (non-hydrogen) atoms. The number of halogens is 1. The van der Waals surface area contributed by atoms with Crippen LogP contribution in [0.5, 0.6) is 0 Å². The lowest BCUT2D eigenvalue weighted by Crippen LogP contribution is -1.91. The van der Waals surface area contributed by atoms with E-state index in [2.05, 4.69) is 0 Å². The largest absolute Gasteiger partial charge is 0.295 e. The highest BCUT2D eigenvalue weighted by Gasteiger charge is 2.01. The molecule has 0 heterocycles. The fourth-order valence-corrected chi connectivity index (χ4v) is 1.46. The molecule has 1 aromatic carbocycles. The van der Waals surface area contributed by atoms with E-state index >= 15 is 0 Å². The second kappa shape index (κ2) is 6.74. The summed E-state index contributed by atoms with van der Waals surface area (Å²) in [6.07, 6.45) is 0. The molecule has 1 aromatic rings. The molecular formula is C10H13ClO2S. The number of ketones is 1. The minimum atomic E-state index is -1.49. The molecule has 0 saturated heterocycles. The summed E-state index contributed by atoms with van der Waals surface area (Å²) in [6.45, 7) is 5.48. The molecule has 1 unspecified atom stereocenters. The number of hydrogen-bond acceptors (Lipinski definition) is 2. The van der Waals surface area contributed by atoms with Crippen LogP contribution in [0.4, 0.5) is 0 Å². The third kappa shape index (κ3) is 4.03. The summed E-state index contributed by atoms with van der Waals surface area (Å²) in [5.41, 5.74) is 0.598. The predicted molar refractivity (Wildman–Crippen MR) is 60.1 cm³/mol. The van der Waals surface area contributed by atoms with Gasteiger partial charge in [0.15, 0.2) is 5.78 Å². The van der Waals surface area contributed by atoms with E-state index in [0.717, 1.165) is 0 Å². The average Bonchev–Trinajstić information content (AvgIpc) is 2.21. The molecule has 0 fully saturated rings. The Hall–Kier alpha value is -0.670. The van der Waals surface area contributed by atoms with Gasteiger partial charge < -0.3 is 0 Å². The van der Waals surface area contributed by atoms with Crippen LogP contribution in [0.1, 0.15) is 31.1 Å². The molecule has 0 saturated carbocycles. The quantitative estimate of drug-likeness (QED) is 0.580. The van der Waals surface area contributed by atoms with Crippen molar-refractivity contribution < 1.29 is 9.00 Å². The Labute approximate surface area is 91.2 Å². The minimum absolute atomic E-state index is 0.0121. The first-order chi connectivity index (χ1) is 6.61. The molecule has 0 aliphatic rings. The van der Waals surface area contributed by atoms with Gasteiger partial charge in [0.25, 0.3) is 0 Å². The fraction of sp³-hybridized carbons (Fsp3) is 0.300. The summed E-state index contributed by atoms with van der Waals surface area (Å²) >= 11 is 0. The highest BCUT2D eigenvalue weighted by atomic mass is 35.7. The van der Waals surface area contributed by atoms with Crippen molar-refractivity contribution in [1.82, 2.24) is 0 Å². The van der Waals surface area contributed by atoms with Crippen molar-refractivity contribution in [3.8, 4) is 0 Å². The lowest BCUT2D eigenvalue weighted by Gasteiger charge is -1.95. The SMILES string of the molecule is CC.CC(=O)c1ccc(S(=O)Cl)cc1. The number of Topliss-reactive ketones (excluding diaryl/α,β-unsaturated/α-hetero) is 1. The van der Waals surface area contributed by atoms with E-state index in [-0.39, 0.29) is 5.78 Å². The smallest absolute Gasteiger partial charge is 0.159 e. The third-order valence-electron chi connectivity index (χ3n) is 1.45. The molecule has 0 spiro atoms. The Kier molecular flexibility index (Phi) is 6.41. The Morgan fingerprint density at radius 1 is 1.21 bits per heavy atom. The summed E-state index contributed by atoms with van der Waals surface area (Å²) in [5, 5.41) is 0. The van der Waals surface area contributed by atoms with Gasteiger partial charge in [-0.2, -0.15) is 0 Å². The second-order valence-corrected chi connectivity index (χ2v) is 4.06. The zero-order valence-corrected chi connectivity index (χ0v) is 9.98. The second-order valence-electron chi connectivity index (χ2n) is 2.30. The van der Waals surface area contributed by atoms with Crippen molar-refractivity contribution >= 4 is 26.5 Å². The standard InChI is InChI=1S/C8H7ClO2S.C2H6/c1-6(10)7-2-4-8(5-3-7)12(9)11;1-2/h2-5H,1H3;1-2H3. The van der Waals surface area contributed by atoms with Gasteiger partial charge in [-0.25, -0.2) is 4.21 Å². The molecule has 0 N–H and O–H groups in total. The van der Waals surface area contributed by atoms with Gasteiger partial charge in [0.2, 0.25) is 0 Å². The van der Waals surface area contributed by atoms with Crippen LogP contribution in [0, 0.1) is 0 Å². The van der Waals surface area contributed by atoms with Crippen molar-refractivity contribution in [3.05, 3.63) is 29.8 Å². The molecule has 1 atom stereocenters. The molecule has 0 aliphatic heterocycles. The van der Waals surface area contributed by atoms with E-state index in [4.69, 9.17) is 10.7 Å². The number of rotatable bonds is 2. The maximum atomic E-state index is 10.8. The highest BCUT2D eigenvalue weighted by molar-refractivity contribution is 8.08. The minimum Gasteiger partial charge on any atom is -0.295 e. The van der Waals surface area contributed by atoms with E-state index in [1.165, 1.54) is 6.92 Å². The van der Waals surface area contributed by atoms with Crippen molar-refractivity contribution in [2.24, 2.45) is 0 Å². The molecule has 4 heteroatoms. The summed E-state index contributed by atoms with van der Waals surface area (Å²) in [6, 6.07) is 6.38. The van der Waals surface area contributed by atoms with E-state index in [9.17, 15) is 9.00 Å². The first kappa shape index (κ1) is 13.3. The fourth-order valence-electron chi connectivity index (χ4n) is 0.797. The Morgan fingerprint density at radius 2 is 1.64 bits per heavy atom. The molecular weight excluding hydrogens is 220 g/mol. The highest BCUT2D eigenvalue weighted by Crippen LogP contribution is 2.11. The van der Waals surface area contributed by atoms with E-state index < -0.39 is 10.0 Å². The molecule has 0 aromatic heterocycles. The lowest BCUT2D eigenvalue weighted by atomic mass is 10.2. The van der Waals surface area contributed by atoms with Crippen molar-refractivity contribution in [2.45, 2.75) is 25.7 Å². The topological polar surface area (TPSA) is 34.1 Å². The predicted octanol–water partition coefficient (Wildman–Crippen LogP) is 3.18. The van der Waals surface area contributed by atoms with Crippen LogP contribution in [0.3, 0.4) is 0 Å². The van der Waals surface area contributed by atoms with Crippen molar-refractivity contribution in [2.75, 3.05) is 0 Å². The van der Waals surface area contributed by atoms with Crippen LogP contribution in [0.15, 0.2) is 29.2 Å². The van der Waals surface area contributed by atoms with E-state index in [1.807, 2.05) is 13.8 Å². The lowest BCUT2D eigenvalue weighted by molar-refractivity contribution is 0.101. The van der Waals surface area contributed by atoms with Crippen LogP contribution in [0.25, 0.3) is 0 Å². The Morgan fingerprint density at radius 3 is 1.93 bits per heavy atom. The molecule has 78 valence electrons. The van der Waals surface area contributed by atoms with E-state index in [0.29, 0.717) is 10.5 Å². The van der Waals surface area contributed by atoms with Crippen LogP contribution >= 0.6 is 10.7 Å². The Balaban J connectivity index is 0.000000791. The Bertz CT molecular complexity index is 286. The van der Waals surface area contributed by atoms with Crippen LogP contribution < -0.4 is 0 Å². The van der Waals surface area contributed by atoms with Gasteiger partial charge in [0, 0.05) is 5.56 Å². The summed E-state index contributed by atoms with van der Waals surface area (Å²) < 4.78 is 10.7. The van der Waals surface area contributed by atoms with Crippen LogP contribution in [-0.2, 0) is 10.0 Å². The van der Waals surface area contributed by atoms with Gasteiger partial charge in [0.05, 0.1) is 4.90 Å². The number of carbonyl (C=O) groups excluding carboxylic acids is 1. The zero-order chi connectivity index (χ0) is 11.1. The molecule has 1 rings (SSSR count). The average molecular weight is 233 g/mol. The van der Waals surface area contributed by atoms with Crippen molar-refractivity contribution in [3.63, 3.8) is 0 Å². The number of carbonyl (C=O) groups is 1. The summed E-state index contributed by atoms with van der Waals surface area (Å²) in [5.74, 6) is -0.0121. The van der Waals surface area contributed by atoms with Gasteiger partial charge in [-0.05, 0) is 29.7 Å². The van der Waals surface area contributed by atoms with Crippen LogP contribution in [0.2, 0.25) is 0 Å². The van der Waals surface area contributed by atoms with Gasteiger partial charge in [-0.3, -0.25) is 4.79 Å². The number of benzene rings is 1. The third-order valence-corrected chi connectivity index (χ3v) is 2.62. The van der Waals surface area contributed by atoms with Gasteiger partial charge in [-0.15, -0.1) is 0 Å². The molecule has 0 amide bonds. The maximum absolute atomic E-state index is 10.8. The summed E-state index contributed by atoms with van der Waals surface area (Å²) in [7, 11) is 3.83. The van der Waals surface area contributed by atoms with Gasteiger partial charge in [-0.1, -0.05) is 26.0 Å². The molecule has 0 bridgehead atoms. The van der Waals surface area contributed by atoms with Crippen molar-refractivity contribution in [1.29, 1.82) is 0 Å². The molecule has 0 aliphatic carbocycles. The zero-order valence-electron chi connectivity index (χ0n) is 8.41. The first-order valence-corrected chi connectivity index (χ1v) is 6.28. The number of hydrogen-bond donors (Lipinski definition) is 0. The maximum Gasteiger partial charge on any atom is 0.159 e. The van der Waals surface area contributed by atoms with E-state index in [1.54, 1.807) is 24.3 Å².